The fourth-order valence-electron chi connectivity index (χ4n) is 4.78. The molecule has 0 radical (unpaired) electrons. The molecule has 1 aliphatic rings. The Morgan fingerprint density at radius 3 is 2.44 bits per heavy atom. The van der Waals surface area contributed by atoms with Gasteiger partial charge in [-0.1, -0.05) is 42.5 Å². The first kappa shape index (κ1) is 28.3. The van der Waals surface area contributed by atoms with Crippen molar-refractivity contribution in [2.24, 2.45) is 5.73 Å². The zero-order valence-corrected chi connectivity index (χ0v) is 21.9. The van der Waals surface area contributed by atoms with Gasteiger partial charge in [0.25, 0.3) is 0 Å². The number of rotatable bonds is 9. The first-order valence-corrected chi connectivity index (χ1v) is 13.8. The molecule has 0 aliphatic heterocycles. The van der Waals surface area contributed by atoms with Crippen molar-refractivity contribution in [3.05, 3.63) is 88.5 Å². The lowest BCUT2D eigenvalue weighted by atomic mass is 9.97. The topological polar surface area (TPSA) is 116 Å². The molecule has 39 heavy (non-hydrogen) atoms. The van der Waals surface area contributed by atoms with E-state index in [-0.39, 0.29) is 29.1 Å². The Balaban J connectivity index is 1.57. The third-order valence-corrected chi connectivity index (χ3v) is 8.10. The average Bonchev–Trinajstić information content (AvgIpc) is 3.27. The molecular weight excluding hydrogens is 533 g/mol. The number of ether oxygens (including phenoxy) is 1. The minimum atomic E-state index is -4.98. The van der Waals surface area contributed by atoms with Gasteiger partial charge in [-0.05, 0) is 72.2 Å². The van der Waals surface area contributed by atoms with Gasteiger partial charge in [-0.25, -0.2) is 13.1 Å². The highest BCUT2D eigenvalue weighted by molar-refractivity contribution is 7.89. The third-order valence-electron chi connectivity index (χ3n) is 6.53. The monoisotopic (exact) mass is 560 g/mol. The van der Waals surface area contributed by atoms with Crippen LogP contribution in [0.4, 0.5) is 13.2 Å². The molecule has 0 bridgehead atoms. The summed E-state index contributed by atoms with van der Waals surface area (Å²) in [5, 5.41) is 0. The number of alkyl halides is 3. The summed E-state index contributed by atoms with van der Waals surface area (Å²) in [6, 6.07) is 13.7. The van der Waals surface area contributed by atoms with Crippen LogP contribution in [0.3, 0.4) is 0 Å². The molecule has 206 valence electrons. The summed E-state index contributed by atoms with van der Waals surface area (Å²) in [4.78, 5) is 22.5. The van der Waals surface area contributed by atoms with Gasteiger partial charge in [-0.3, -0.25) is 9.59 Å². The van der Waals surface area contributed by atoms with Crippen LogP contribution in [0, 0.1) is 0 Å². The maximum absolute atomic E-state index is 14.1. The number of aryl methyl sites for hydroxylation is 1. The van der Waals surface area contributed by atoms with Crippen molar-refractivity contribution in [1.29, 1.82) is 0 Å². The number of hydrogen-bond acceptors (Lipinski definition) is 5. The third kappa shape index (κ3) is 6.48. The summed E-state index contributed by atoms with van der Waals surface area (Å²) in [5.74, 6) is -1.13. The number of sulfonamides is 1. The molecule has 3 aromatic carbocycles. The minimum absolute atomic E-state index is 0.0132. The Hall–Kier alpha value is -3.70. The largest absolute Gasteiger partial charge is 0.466 e. The number of benzene rings is 3. The normalized spacial score (nSPS) is 15.1. The van der Waals surface area contributed by atoms with Crippen molar-refractivity contribution in [2.75, 3.05) is 6.61 Å². The van der Waals surface area contributed by atoms with E-state index in [0.29, 0.717) is 25.9 Å². The maximum atomic E-state index is 14.1. The van der Waals surface area contributed by atoms with Gasteiger partial charge in [0.2, 0.25) is 15.9 Å². The Morgan fingerprint density at radius 2 is 1.74 bits per heavy atom. The SMILES string of the molecule is CCOC(=O)CCc1ccc2c(c1)CC(NS(=O)(=O)c1ccc(-c3ccccc3C(N)=O)cc1C(F)(F)F)C2. The predicted molar refractivity (Wildman–Crippen MR) is 138 cm³/mol. The minimum Gasteiger partial charge on any atom is -0.466 e. The molecule has 0 spiro atoms. The Morgan fingerprint density at radius 1 is 1.03 bits per heavy atom. The highest BCUT2D eigenvalue weighted by Gasteiger charge is 2.39. The smallest absolute Gasteiger partial charge is 0.417 e. The molecule has 0 saturated carbocycles. The van der Waals surface area contributed by atoms with Crippen LogP contribution in [0.2, 0.25) is 0 Å². The summed E-state index contributed by atoms with van der Waals surface area (Å²) in [6.07, 6.45) is -3.69. The second kappa shape index (κ2) is 11.2. The number of carbonyl (C=O) groups excluding carboxylic acids is 2. The van der Waals surface area contributed by atoms with Gasteiger partial charge < -0.3 is 10.5 Å². The van der Waals surface area contributed by atoms with Crippen LogP contribution in [0.1, 0.15) is 46.0 Å². The number of esters is 1. The van der Waals surface area contributed by atoms with E-state index in [4.69, 9.17) is 10.5 Å². The number of nitrogens with one attached hydrogen (secondary N) is 1. The van der Waals surface area contributed by atoms with E-state index in [2.05, 4.69) is 4.72 Å². The van der Waals surface area contributed by atoms with Crippen molar-refractivity contribution in [1.82, 2.24) is 4.72 Å². The highest BCUT2D eigenvalue weighted by Crippen LogP contribution is 2.38. The van der Waals surface area contributed by atoms with Gasteiger partial charge in [0, 0.05) is 18.0 Å². The van der Waals surface area contributed by atoms with E-state index in [1.165, 1.54) is 24.3 Å². The maximum Gasteiger partial charge on any atom is 0.417 e. The summed E-state index contributed by atoms with van der Waals surface area (Å²) < 4.78 is 76.0. The molecule has 0 saturated heterocycles. The molecule has 3 aromatic rings. The van der Waals surface area contributed by atoms with Crippen molar-refractivity contribution in [3.8, 4) is 11.1 Å². The van der Waals surface area contributed by atoms with Crippen LogP contribution in [-0.2, 0) is 45.0 Å². The standard InChI is InChI=1S/C28H27F3N2O5S/c1-2-38-26(34)12-8-17-7-9-18-14-21(15-20(18)13-17)33-39(36,37)25-11-10-19(16-24(25)28(29,30)31)22-5-3-4-6-23(22)27(32)35/h3-7,9-11,13,16,21,33H,2,8,12,14-15H2,1H3,(H2,32,35). The van der Waals surface area contributed by atoms with E-state index in [1.54, 1.807) is 13.0 Å². The number of halogens is 3. The van der Waals surface area contributed by atoms with E-state index in [1.807, 2.05) is 18.2 Å². The molecule has 0 fully saturated rings. The van der Waals surface area contributed by atoms with Gasteiger partial charge in [-0.15, -0.1) is 0 Å². The Labute approximate surface area is 224 Å². The van der Waals surface area contributed by atoms with Gasteiger partial charge in [0.1, 0.15) is 0 Å². The van der Waals surface area contributed by atoms with E-state index < -0.39 is 38.6 Å². The van der Waals surface area contributed by atoms with Crippen molar-refractivity contribution in [3.63, 3.8) is 0 Å². The number of nitrogens with two attached hydrogens (primary N) is 1. The second-order valence-corrected chi connectivity index (χ2v) is 10.9. The Kier molecular flexibility index (Phi) is 8.12. The van der Waals surface area contributed by atoms with Crippen LogP contribution in [0.25, 0.3) is 11.1 Å². The zero-order valence-electron chi connectivity index (χ0n) is 21.0. The lowest BCUT2D eigenvalue weighted by Gasteiger charge is -2.18. The van der Waals surface area contributed by atoms with Crippen LogP contribution < -0.4 is 10.5 Å². The molecule has 1 atom stereocenters. The van der Waals surface area contributed by atoms with E-state index in [0.717, 1.165) is 28.8 Å². The lowest BCUT2D eigenvalue weighted by molar-refractivity contribution is -0.143. The fourth-order valence-corrected chi connectivity index (χ4v) is 6.22. The number of fused-ring (bicyclic) bond motifs is 1. The van der Waals surface area contributed by atoms with Gasteiger partial charge in [-0.2, -0.15) is 13.2 Å². The van der Waals surface area contributed by atoms with Crippen LogP contribution in [-0.4, -0.2) is 32.9 Å². The predicted octanol–water partition coefficient (Wildman–Crippen LogP) is 4.41. The molecule has 7 nitrogen and oxygen atoms in total. The number of carbonyl (C=O) groups is 2. The van der Waals surface area contributed by atoms with Gasteiger partial charge >= 0.3 is 12.1 Å². The summed E-state index contributed by atoms with van der Waals surface area (Å²) in [7, 11) is -4.56. The molecular formula is C28H27F3N2O5S. The molecule has 11 heteroatoms. The first-order valence-electron chi connectivity index (χ1n) is 12.3. The number of amides is 1. The zero-order chi connectivity index (χ0) is 28.4. The lowest BCUT2D eigenvalue weighted by Crippen LogP contribution is -2.36. The molecule has 0 heterocycles. The highest BCUT2D eigenvalue weighted by atomic mass is 32.2. The van der Waals surface area contributed by atoms with Gasteiger partial charge in [0.05, 0.1) is 17.1 Å². The molecule has 1 aliphatic carbocycles. The fraction of sp³-hybridized carbons (Fsp3) is 0.286. The number of primary amides is 1. The molecule has 1 unspecified atom stereocenters. The average molecular weight is 561 g/mol. The van der Waals surface area contributed by atoms with Crippen LogP contribution >= 0.6 is 0 Å². The Bertz CT molecular complexity index is 1520. The van der Waals surface area contributed by atoms with E-state index in [9.17, 15) is 31.2 Å². The quantitative estimate of drug-likeness (QED) is 0.376. The van der Waals surface area contributed by atoms with Gasteiger partial charge in [0.15, 0.2) is 0 Å². The molecule has 0 aromatic heterocycles. The second-order valence-electron chi connectivity index (χ2n) is 9.25. The van der Waals surface area contributed by atoms with Crippen LogP contribution in [0.5, 0.6) is 0 Å². The van der Waals surface area contributed by atoms with E-state index >= 15 is 0 Å². The van der Waals surface area contributed by atoms with Crippen molar-refractivity contribution < 1.29 is 35.9 Å². The molecule has 1 amide bonds. The first-order chi connectivity index (χ1) is 18.4. The summed E-state index contributed by atoms with van der Waals surface area (Å²) in [5.41, 5.74) is 6.86. The molecule has 4 rings (SSSR count). The summed E-state index contributed by atoms with van der Waals surface area (Å²) in [6.45, 7) is 2.02. The van der Waals surface area contributed by atoms with Crippen molar-refractivity contribution in [2.45, 2.75) is 49.7 Å². The molecule has 3 N–H and O–H groups in total. The summed E-state index contributed by atoms with van der Waals surface area (Å²) >= 11 is 0. The van der Waals surface area contributed by atoms with Crippen LogP contribution in [0.15, 0.2) is 65.6 Å². The van der Waals surface area contributed by atoms with Crippen molar-refractivity contribution >= 4 is 21.9 Å². The number of hydrogen-bond donors (Lipinski definition) is 2.